The monoisotopic (exact) mass is 364 g/mol. The smallest absolute Gasteiger partial charge is 0.252 e. The summed E-state index contributed by atoms with van der Waals surface area (Å²) in [6.07, 6.45) is 1.84. The Morgan fingerprint density at radius 1 is 1.55 bits per heavy atom. The lowest BCUT2D eigenvalue weighted by Crippen LogP contribution is -2.28. The second-order valence-electron chi connectivity index (χ2n) is 4.79. The van der Waals surface area contributed by atoms with Gasteiger partial charge in [-0.05, 0) is 40.4 Å². The van der Waals surface area contributed by atoms with Crippen LogP contribution >= 0.6 is 15.9 Å². The van der Waals surface area contributed by atoms with Gasteiger partial charge in [0.25, 0.3) is 5.91 Å². The topological polar surface area (TPSA) is 89.3 Å². The molecule has 1 aliphatic carbocycles. The fourth-order valence-corrected chi connectivity index (χ4v) is 3.78. The quantitative estimate of drug-likeness (QED) is 0.852. The summed E-state index contributed by atoms with van der Waals surface area (Å²) in [5, 5.41) is 7.74. The van der Waals surface area contributed by atoms with E-state index in [1.54, 1.807) is 0 Å². The van der Waals surface area contributed by atoms with Gasteiger partial charge in [0, 0.05) is 6.04 Å². The Labute approximate surface area is 124 Å². The fraction of sp³-hybridized carbons (Fsp3) is 0.417. The van der Waals surface area contributed by atoms with Crippen molar-refractivity contribution in [3.05, 3.63) is 28.0 Å². The Bertz CT molecular complexity index is 663. The van der Waals surface area contributed by atoms with Gasteiger partial charge in [0.2, 0.25) is 10.0 Å². The Morgan fingerprint density at radius 3 is 2.70 bits per heavy atom. The minimum Gasteiger partial charge on any atom is -0.349 e. The standard InChI is InChI=1S/C12H14BrFN2O3S/c1-2-6-3-9(6)16-12(17)8-4-7(14)5-10(11(8)13)20(15,18)19/h4-6,9H,2-3H2,1H3,(H,16,17)(H2,15,18,19). The molecule has 1 fully saturated rings. The molecule has 1 amide bonds. The molecule has 1 saturated carbocycles. The van der Waals surface area contributed by atoms with Gasteiger partial charge in [-0.25, -0.2) is 17.9 Å². The number of amides is 1. The predicted octanol–water partition coefficient (Wildman–Crippen LogP) is 1.76. The number of hydrogen-bond donors (Lipinski definition) is 2. The number of nitrogens with two attached hydrogens (primary N) is 1. The van der Waals surface area contributed by atoms with Crippen molar-refractivity contribution in [3.63, 3.8) is 0 Å². The van der Waals surface area contributed by atoms with E-state index in [1.807, 2.05) is 6.92 Å². The molecule has 8 heteroatoms. The van der Waals surface area contributed by atoms with Crippen LogP contribution in [-0.2, 0) is 10.0 Å². The second kappa shape index (κ2) is 5.42. The molecule has 0 aliphatic heterocycles. The zero-order valence-electron chi connectivity index (χ0n) is 10.7. The van der Waals surface area contributed by atoms with Gasteiger partial charge < -0.3 is 5.32 Å². The average Bonchev–Trinajstić information content (AvgIpc) is 3.08. The summed E-state index contributed by atoms with van der Waals surface area (Å²) in [6, 6.07) is 1.83. The summed E-state index contributed by atoms with van der Waals surface area (Å²) < 4.78 is 36.2. The van der Waals surface area contributed by atoms with Gasteiger partial charge in [-0.2, -0.15) is 0 Å². The summed E-state index contributed by atoms with van der Waals surface area (Å²) in [4.78, 5) is 11.6. The van der Waals surface area contributed by atoms with Crippen molar-refractivity contribution < 1.29 is 17.6 Å². The molecule has 3 N–H and O–H groups in total. The molecule has 110 valence electrons. The van der Waals surface area contributed by atoms with Crippen LogP contribution in [0.4, 0.5) is 4.39 Å². The Morgan fingerprint density at radius 2 is 2.20 bits per heavy atom. The molecule has 2 rings (SSSR count). The lowest BCUT2D eigenvalue weighted by Gasteiger charge is -2.10. The van der Waals surface area contributed by atoms with E-state index in [0.717, 1.165) is 25.0 Å². The van der Waals surface area contributed by atoms with Crippen LogP contribution in [0.3, 0.4) is 0 Å². The molecular weight excluding hydrogens is 351 g/mol. The Balaban J connectivity index is 2.32. The molecule has 1 aliphatic rings. The van der Waals surface area contributed by atoms with Crippen molar-refractivity contribution in [1.82, 2.24) is 5.32 Å². The SMILES string of the molecule is CCC1CC1NC(=O)c1cc(F)cc(S(N)(=O)=O)c1Br. The molecule has 0 heterocycles. The molecule has 5 nitrogen and oxygen atoms in total. The molecule has 0 saturated heterocycles. The average molecular weight is 365 g/mol. The zero-order valence-corrected chi connectivity index (χ0v) is 13.1. The van der Waals surface area contributed by atoms with E-state index >= 15 is 0 Å². The van der Waals surface area contributed by atoms with Gasteiger partial charge in [-0.1, -0.05) is 13.3 Å². The Hall–Kier alpha value is -0.990. The van der Waals surface area contributed by atoms with Crippen LogP contribution in [0.1, 0.15) is 30.1 Å². The minimum atomic E-state index is -4.11. The first-order chi connectivity index (χ1) is 9.24. The van der Waals surface area contributed by atoms with E-state index in [4.69, 9.17) is 5.14 Å². The van der Waals surface area contributed by atoms with E-state index in [0.29, 0.717) is 5.92 Å². The molecule has 0 aromatic heterocycles. The number of rotatable bonds is 4. The van der Waals surface area contributed by atoms with Crippen molar-refractivity contribution in [2.45, 2.75) is 30.7 Å². The number of primary sulfonamides is 1. The molecule has 2 atom stereocenters. The third kappa shape index (κ3) is 3.18. The zero-order chi connectivity index (χ0) is 15.1. The number of halogens is 2. The van der Waals surface area contributed by atoms with Crippen molar-refractivity contribution in [2.24, 2.45) is 11.1 Å². The number of carbonyl (C=O) groups is 1. The van der Waals surface area contributed by atoms with Crippen LogP contribution in [0.5, 0.6) is 0 Å². The molecule has 20 heavy (non-hydrogen) atoms. The molecule has 1 aromatic rings. The van der Waals surface area contributed by atoms with E-state index < -0.39 is 26.6 Å². The van der Waals surface area contributed by atoms with Crippen LogP contribution in [0.25, 0.3) is 0 Å². The highest BCUT2D eigenvalue weighted by molar-refractivity contribution is 9.10. The van der Waals surface area contributed by atoms with E-state index in [-0.39, 0.29) is 16.1 Å². The van der Waals surface area contributed by atoms with Crippen molar-refractivity contribution in [2.75, 3.05) is 0 Å². The minimum absolute atomic E-state index is 0.0207. The maximum atomic E-state index is 13.5. The van der Waals surface area contributed by atoms with Crippen LogP contribution in [0, 0.1) is 11.7 Å². The third-order valence-corrected chi connectivity index (χ3v) is 5.37. The normalized spacial score (nSPS) is 21.6. The maximum absolute atomic E-state index is 13.5. The molecule has 0 bridgehead atoms. The van der Waals surface area contributed by atoms with Crippen LogP contribution in [0.15, 0.2) is 21.5 Å². The van der Waals surface area contributed by atoms with E-state index in [2.05, 4.69) is 21.2 Å². The van der Waals surface area contributed by atoms with Gasteiger partial charge in [-0.15, -0.1) is 0 Å². The summed E-state index contributed by atoms with van der Waals surface area (Å²) in [7, 11) is -4.11. The lowest BCUT2D eigenvalue weighted by atomic mass is 10.2. The lowest BCUT2D eigenvalue weighted by molar-refractivity contribution is 0.0947. The first-order valence-corrected chi connectivity index (χ1v) is 8.40. The molecule has 2 unspecified atom stereocenters. The highest BCUT2D eigenvalue weighted by Gasteiger charge is 2.37. The largest absolute Gasteiger partial charge is 0.349 e. The van der Waals surface area contributed by atoms with Crippen molar-refractivity contribution in [1.29, 1.82) is 0 Å². The predicted molar refractivity (Wildman–Crippen MR) is 75.1 cm³/mol. The van der Waals surface area contributed by atoms with Gasteiger partial charge in [0.15, 0.2) is 0 Å². The molecule has 0 spiro atoms. The molecule has 0 radical (unpaired) electrons. The van der Waals surface area contributed by atoms with E-state index in [9.17, 15) is 17.6 Å². The number of sulfonamides is 1. The molecular formula is C12H14BrFN2O3S. The van der Waals surface area contributed by atoms with Gasteiger partial charge in [-0.3, -0.25) is 4.79 Å². The summed E-state index contributed by atoms with van der Waals surface area (Å²) in [6.45, 7) is 2.02. The fourth-order valence-electron chi connectivity index (χ4n) is 2.06. The highest BCUT2D eigenvalue weighted by atomic mass is 79.9. The maximum Gasteiger partial charge on any atom is 0.252 e. The van der Waals surface area contributed by atoms with Crippen LogP contribution in [-0.4, -0.2) is 20.4 Å². The Kier molecular flexibility index (Phi) is 4.17. The van der Waals surface area contributed by atoms with Crippen molar-refractivity contribution >= 4 is 31.9 Å². The van der Waals surface area contributed by atoms with E-state index in [1.165, 1.54) is 0 Å². The van der Waals surface area contributed by atoms with Gasteiger partial charge in [0.05, 0.1) is 14.9 Å². The van der Waals surface area contributed by atoms with Gasteiger partial charge in [0.1, 0.15) is 5.82 Å². The molecule has 1 aromatic carbocycles. The van der Waals surface area contributed by atoms with Crippen LogP contribution < -0.4 is 10.5 Å². The van der Waals surface area contributed by atoms with Crippen LogP contribution in [0.2, 0.25) is 0 Å². The van der Waals surface area contributed by atoms with Crippen molar-refractivity contribution in [3.8, 4) is 0 Å². The highest BCUT2D eigenvalue weighted by Crippen LogP contribution is 2.34. The third-order valence-electron chi connectivity index (χ3n) is 3.32. The number of nitrogens with one attached hydrogen (secondary N) is 1. The first kappa shape index (κ1) is 15.4. The summed E-state index contributed by atoms with van der Waals surface area (Å²) in [5.74, 6) is -0.906. The number of benzene rings is 1. The number of carbonyl (C=O) groups excluding carboxylic acids is 1. The first-order valence-electron chi connectivity index (χ1n) is 6.06. The summed E-state index contributed by atoms with van der Waals surface area (Å²) >= 11 is 3.01. The second-order valence-corrected chi connectivity index (χ2v) is 7.12. The van der Waals surface area contributed by atoms with Gasteiger partial charge >= 0.3 is 0 Å². The summed E-state index contributed by atoms with van der Waals surface area (Å²) in [5.41, 5.74) is -0.0734. The number of hydrogen-bond acceptors (Lipinski definition) is 3.